The molecule has 0 aliphatic carbocycles. The van der Waals surface area contributed by atoms with Crippen LogP contribution in [0.4, 0.5) is 26.3 Å². The maximum Gasteiger partial charge on any atom is 0.421 e. The van der Waals surface area contributed by atoms with Gasteiger partial charge in [0.05, 0.1) is 12.7 Å². The van der Waals surface area contributed by atoms with Crippen molar-refractivity contribution in [3.05, 3.63) is 22.3 Å². The van der Waals surface area contributed by atoms with Crippen molar-refractivity contribution in [3.63, 3.8) is 0 Å². The zero-order valence-corrected chi connectivity index (χ0v) is 19.5. The van der Waals surface area contributed by atoms with Gasteiger partial charge in [0.25, 0.3) is 16.0 Å². The second kappa shape index (κ2) is 8.13. The fourth-order valence-corrected chi connectivity index (χ4v) is 6.63. The summed E-state index contributed by atoms with van der Waals surface area (Å²) in [5, 5.41) is 10.4. The standard InChI is InChI=1S/C11H6F6I3NO5S/c12-10(13,14)9(11(15,16)17,2-27(24,25)26)21-8(23)5-3(18)1-4(19)7(22)6(5)20/h1,22H,2H2,(H,21,23)(H,24,25,26). The summed E-state index contributed by atoms with van der Waals surface area (Å²) in [4.78, 5) is 12.2. The molecule has 0 aromatic heterocycles. The predicted octanol–water partition coefficient (Wildman–Crippen LogP) is 3.69. The summed E-state index contributed by atoms with van der Waals surface area (Å²) in [5.41, 5.74) is -5.99. The first kappa shape index (κ1) is 25.2. The zero-order chi connectivity index (χ0) is 21.6. The van der Waals surface area contributed by atoms with Crippen molar-refractivity contribution in [2.24, 2.45) is 0 Å². The van der Waals surface area contributed by atoms with E-state index in [9.17, 15) is 44.7 Å². The molecule has 0 aliphatic heterocycles. The van der Waals surface area contributed by atoms with Gasteiger partial charge < -0.3 is 10.4 Å². The van der Waals surface area contributed by atoms with Gasteiger partial charge in [0.1, 0.15) is 11.5 Å². The van der Waals surface area contributed by atoms with Gasteiger partial charge in [-0.05, 0) is 73.8 Å². The van der Waals surface area contributed by atoms with Crippen LogP contribution in [0.5, 0.6) is 5.75 Å². The van der Waals surface area contributed by atoms with Crippen LogP contribution < -0.4 is 5.32 Å². The monoisotopic (exact) mass is 759 g/mol. The Bertz CT molecular complexity index is 857. The maximum absolute atomic E-state index is 13.3. The molecule has 16 heteroatoms. The summed E-state index contributed by atoms with van der Waals surface area (Å²) in [7, 11) is -5.82. The Hall–Kier alpha value is 0.170. The van der Waals surface area contributed by atoms with Crippen molar-refractivity contribution in [2.75, 3.05) is 5.75 Å². The molecule has 0 radical (unpaired) electrons. The van der Waals surface area contributed by atoms with E-state index in [-0.39, 0.29) is 10.7 Å². The van der Waals surface area contributed by atoms with E-state index < -0.39 is 51.0 Å². The van der Waals surface area contributed by atoms with Gasteiger partial charge >= 0.3 is 12.4 Å². The van der Waals surface area contributed by atoms with E-state index in [0.717, 1.165) is 6.07 Å². The van der Waals surface area contributed by atoms with Gasteiger partial charge in [0, 0.05) is 3.57 Å². The van der Waals surface area contributed by atoms with Crippen molar-refractivity contribution < 1.29 is 49.2 Å². The number of alkyl halides is 6. The molecule has 1 aromatic rings. The molecule has 6 nitrogen and oxygen atoms in total. The van der Waals surface area contributed by atoms with Gasteiger partial charge in [-0.15, -0.1) is 0 Å². The Balaban J connectivity index is 3.66. The number of halogens is 9. The second-order valence-corrected chi connectivity index (χ2v) is 9.81. The predicted molar refractivity (Wildman–Crippen MR) is 105 cm³/mol. The lowest BCUT2D eigenvalue weighted by Crippen LogP contribution is -2.70. The third kappa shape index (κ3) is 5.41. The largest absolute Gasteiger partial charge is 0.506 e. The SMILES string of the molecule is O=C(NC(CS(=O)(=O)O)(C(F)(F)F)C(F)(F)F)c1c(I)cc(I)c(O)c1I. The lowest BCUT2D eigenvalue weighted by Gasteiger charge is -2.37. The van der Waals surface area contributed by atoms with Gasteiger partial charge in [-0.25, -0.2) is 0 Å². The quantitative estimate of drug-likeness (QED) is 0.247. The Morgan fingerprint density at radius 3 is 1.85 bits per heavy atom. The third-order valence-electron chi connectivity index (χ3n) is 3.07. The van der Waals surface area contributed by atoms with Crippen LogP contribution in [0, 0.1) is 10.7 Å². The molecule has 3 N–H and O–H groups in total. The molecule has 0 aliphatic rings. The number of carbonyl (C=O) groups is 1. The van der Waals surface area contributed by atoms with Crippen LogP contribution in [-0.2, 0) is 10.1 Å². The van der Waals surface area contributed by atoms with E-state index in [0.29, 0.717) is 5.32 Å². The minimum absolute atomic E-state index is 0.0956. The highest BCUT2D eigenvalue weighted by Gasteiger charge is 2.73. The topological polar surface area (TPSA) is 104 Å². The molecule has 0 atom stereocenters. The summed E-state index contributed by atoms with van der Waals surface area (Å²) in [6.45, 7) is 0. The number of aromatic hydroxyl groups is 1. The molecule has 27 heavy (non-hydrogen) atoms. The smallest absolute Gasteiger partial charge is 0.421 e. The van der Waals surface area contributed by atoms with E-state index in [1.807, 2.05) is 0 Å². The van der Waals surface area contributed by atoms with Gasteiger partial charge in [0.2, 0.25) is 5.54 Å². The summed E-state index contributed by atoms with van der Waals surface area (Å²) in [6.07, 6.45) is -12.6. The molecule has 1 amide bonds. The summed E-state index contributed by atoms with van der Waals surface area (Å²) in [6, 6.07) is 1.12. The van der Waals surface area contributed by atoms with Gasteiger partial charge in [0.15, 0.2) is 0 Å². The molecule has 0 heterocycles. The van der Waals surface area contributed by atoms with E-state index >= 15 is 0 Å². The minimum Gasteiger partial charge on any atom is -0.506 e. The average Bonchev–Trinajstić information content (AvgIpc) is 2.40. The lowest BCUT2D eigenvalue weighted by atomic mass is 9.99. The van der Waals surface area contributed by atoms with Crippen LogP contribution in [-0.4, -0.2) is 47.6 Å². The molecule has 1 rings (SSSR count). The van der Waals surface area contributed by atoms with Crippen LogP contribution in [0.2, 0.25) is 0 Å². The van der Waals surface area contributed by atoms with E-state index in [1.165, 1.54) is 45.2 Å². The first-order chi connectivity index (χ1) is 11.8. The highest BCUT2D eigenvalue weighted by atomic mass is 127. The van der Waals surface area contributed by atoms with Crippen LogP contribution in [0.15, 0.2) is 6.07 Å². The summed E-state index contributed by atoms with van der Waals surface area (Å²) >= 11 is 4.42. The number of hydrogen-bond acceptors (Lipinski definition) is 4. The Labute approximate surface area is 188 Å². The van der Waals surface area contributed by atoms with Gasteiger partial charge in [-0.2, -0.15) is 34.8 Å². The molecule has 0 spiro atoms. The van der Waals surface area contributed by atoms with Crippen LogP contribution >= 0.6 is 67.8 Å². The molecular formula is C11H6F6I3NO5S. The fourth-order valence-electron chi connectivity index (χ4n) is 1.82. The Morgan fingerprint density at radius 1 is 1.04 bits per heavy atom. The number of nitrogens with one attached hydrogen (secondary N) is 1. The van der Waals surface area contributed by atoms with Crippen molar-refractivity contribution in [2.45, 2.75) is 17.9 Å². The highest BCUT2D eigenvalue weighted by molar-refractivity contribution is 14.1. The second-order valence-electron chi connectivity index (χ2n) is 4.96. The Kier molecular flexibility index (Phi) is 7.59. The summed E-state index contributed by atoms with van der Waals surface area (Å²) in [5.74, 6) is -5.36. The molecule has 0 fully saturated rings. The first-order valence-corrected chi connectivity index (χ1v) is 11.0. The number of benzene rings is 1. The molecule has 1 aromatic carbocycles. The molecule has 0 saturated heterocycles. The molecule has 0 bridgehead atoms. The summed E-state index contributed by atoms with van der Waals surface area (Å²) < 4.78 is 110. The Morgan fingerprint density at radius 2 is 1.48 bits per heavy atom. The van der Waals surface area contributed by atoms with Gasteiger partial charge in [-0.1, -0.05) is 0 Å². The van der Waals surface area contributed by atoms with Crippen LogP contribution in [0.1, 0.15) is 10.4 Å². The normalized spacial score (nSPS) is 13.6. The van der Waals surface area contributed by atoms with E-state index in [2.05, 4.69) is 0 Å². The molecule has 154 valence electrons. The van der Waals surface area contributed by atoms with Crippen molar-refractivity contribution in [1.29, 1.82) is 0 Å². The molecule has 0 unspecified atom stereocenters. The fraction of sp³-hybridized carbons (Fsp3) is 0.364. The van der Waals surface area contributed by atoms with Crippen LogP contribution in [0.3, 0.4) is 0 Å². The minimum atomic E-state index is -6.32. The number of amides is 1. The van der Waals surface area contributed by atoms with E-state index in [4.69, 9.17) is 4.55 Å². The lowest BCUT2D eigenvalue weighted by molar-refractivity contribution is -0.296. The van der Waals surface area contributed by atoms with Crippen molar-refractivity contribution in [1.82, 2.24) is 5.32 Å². The maximum atomic E-state index is 13.3. The number of carbonyl (C=O) groups excluding carboxylic acids is 1. The van der Waals surface area contributed by atoms with Crippen LogP contribution in [0.25, 0.3) is 0 Å². The highest BCUT2D eigenvalue weighted by Crippen LogP contribution is 2.44. The van der Waals surface area contributed by atoms with Crippen molar-refractivity contribution >= 4 is 83.8 Å². The first-order valence-electron chi connectivity index (χ1n) is 6.11. The third-order valence-corrected chi connectivity index (χ3v) is 6.59. The number of phenols is 1. The van der Waals surface area contributed by atoms with E-state index in [1.54, 1.807) is 22.6 Å². The van der Waals surface area contributed by atoms with Crippen molar-refractivity contribution in [3.8, 4) is 5.75 Å². The van der Waals surface area contributed by atoms with Gasteiger partial charge in [-0.3, -0.25) is 9.35 Å². The zero-order valence-electron chi connectivity index (χ0n) is 12.2. The average molecular weight is 759 g/mol. The molecular weight excluding hydrogens is 753 g/mol. The number of hydrogen-bond donors (Lipinski definition) is 3. The number of phenolic OH excluding ortho intramolecular Hbond substituents is 1. The molecule has 0 saturated carbocycles. The number of rotatable bonds is 4.